The highest BCUT2D eigenvalue weighted by Crippen LogP contribution is 2.15. The van der Waals surface area contributed by atoms with Crippen LogP contribution in [0.15, 0.2) is 12.1 Å². The monoisotopic (exact) mass is 210 g/mol. The van der Waals surface area contributed by atoms with Crippen LogP contribution in [0.1, 0.15) is 21.5 Å². The highest BCUT2D eigenvalue weighted by molar-refractivity contribution is 5.77. The summed E-state index contributed by atoms with van der Waals surface area (Å²) in [7, 11) is 1.23. The number of benzene rings is 1. The first kappa shape index (κ1) is 11.4. The second kappa shape index (κ2) is 4.68. The normalized spacial score (nSPS) is 9.80. The Morgan fingerprint density at radius 2 is 2.20 bits per heavy atom. The predicted octanol–water partition coefficient (Wildman–Crippen LogP) is 1.66. The minimum Gasteiger partial charge on any atom is -0.469 e. The Labute approximate surface area is 86.9 Å². The molecule has 3 nitrogen and oxygen atoms in total. The number of aryl methyl sites for hydroxylation is 1. The van der Waals surface area contributed by atoms with Crippen LogP contribution in [-0.2, 0) is 16.0 Å². The van der Waals surface area contributed by atoms with E-state index >= 15 is 0 Å². The third kappa shape index (κ3) is 2.62. The van der Waals surface area contributed by atoms with E-state index in [4.69, 9.17) is 0 Å². The molecule has 1 rings (SSSR count). The number of halogens is 1. The van der Waals surface area contributed by atoms with Crippen LogP contribution in [0.3, 0.4) is 0 Å². The lowest BCUT2D eigenvalue weighted by atomic mass is 10.0. The number of ether oxygens (including phenoxy) is 1. The van der Waals surface area contributed by atoms with Crippen LogP contribution in [0.4, 0.5) is 4.39 Å². The van der Waals surface area contributed by atoms with Gasteiger partial charge in [-0.1, -0.05) is 0 Å². The Morgan fingerprint density at radius 3 is 2.73 bits per heavy atom. The number of aldehydes is 1. The molecule has 0 radical (unpaired) electrons. The van der Waals surface area contributed by atoms with Gasteiger partial charge in [-0.2, -0.15) is 0 Å². The molecular formula is C11H11FO3. The number of rotatable bonds is 3. The van der Waals surface area contributed by atoms with E-state index in [1.807, 2.05) is 0 Å². The Hall–Kier alpha value is -1.71. The van der Waals surface area contributed by atoms with Crippen LogP contribution in [0.5, 0.6) is 0 Å². The minimum absolute atomic E-state index is 0.162. The van der Waals surface area contributed by atoms with Gasteiger partial charge in [-0.15, -0.1) is 0 Å². The van der Waals surface area contributed by atoms with Gasteiger partial charge in [0, 0.05) is 5.56 Å². The van der Waals surface area contributed by atoms with Gasteiger partial charge < -0.3 is 4.74 Å². The Morgan fingerprint density at radius 1 is 1.53 bits per heavy atom. The van der Waals surface area contributed by atoms with E-state index < -0.39 is 11.8 Å². The van der Waals surface area contributed by atoms with Crippen LogP contribution in [0.2, 0.25) is 0 Å². The van der Waals surface area contributed by atoms with Crippen LogP contribution in [-0.4, -0.2) is 19.4 Å². The SMILES string of the molecule is COC(=O)Cc1cc(C=O)cc(C)c1F. The average molecular weight is 210 g/mol. The number of hydrogen-bond acceptors (Lipinski definition) is 3. The molecule has 0 bridgehead atoms. The molecule has 0 saturated heterocycles. The van der Waals surface area contributed by atoms with Crippen molar-refractivity contribution in [1.29, 1.82) is 0 Å². The molecule has 0 aliphatic carbocycles. The van der Waals surface area contributed by atoms with Crippen molar-refractivity contribution < 1.29 is 18.7 Å². The molecule has 0 aliphatic heterocycles. The van der Waals surface area contributed by atoms with E-state index in [0.29, 0.717) is 17.4 Å². The molecule has 0 unspecified atom stereocenters. The molecule has 0 aliphatic rings. The topological polar surface area (TPSA) is 43.4 Å². The molecule has 0 atom stereocenters. The summed E-state index contributed by atoms with van der Waals surface area (Å²) < 4.78 is 17.9. The molecule has 4 heteroatoms. The second-order valence-corrected chi connectivity index (χ2v) is 3.18. The van der Waals surface area contributed by atoms with Crippen molar-refractivity contribution in [3.8, 4) is 0 Å². The zero-order valence-electron chi connectivity index (χ0n) is 8.54. The molecule has 0 spiro atoms. The maximum Gasteiger partial charge on any atom is 0.310 e. The van der Waals surface area contributed by atoms with Crippen molar-refractivity contribution >= 4 is 12.3 Å². The first-order valence-electron chi connectivity index (χ1n) is 4.39. The average Bonchev–Trinajstić information content (AvgIpc) is 2.24. The van der Waals surface area contributed by atoms with E-state index in [1.165, 1.54) is 19.2 Å². The molecule has 0 fully saturated rings. The lowest BCUT2D eigenvalue weighted by Gasteiger charge is -2.05. The third-order valence-electron chi connectivity index (χ3n) is 2.05. The van der Waals surface area contributed by atoms with Gasteiger partial charge in [0.2, 0.25) is 0 Å². The Balaban J connectivity index is 3.10. The van der Waals surface area contributed by atoms with Crippen molar-refractivity contribution in [3.05, 3.63) is 34.6 Å². The molecule has 1 aromatic carbocycles. The summed E-state index contributed by atoms with van der Waals surface area (Å²) in [4.78, 5) is 21.5. The van der Waals surface area contributed by atoms with E-state index in [1.54, 1.807) is 6.92 Å². The highest BCUT2D eigenvalue weighted by Gasteiger charge is 2.11. The van der Waals surface area contributed by atoms with Gasteiger partial charge in [-0.3, -0.25) is 9.59 Å². The van der Waals surface area contributed by atoms with Gasteiger partial charge in [0.1, 0.15) is 12.1 Å². The van der Waals surface area contributed by atoms with Crippen molar-refractivity contribution in [2.45, 2.75) is 13.3 Å². The molecule has 0 aromatic heterocycles. The summed E-state index contributed by atoms with van der Waals surface area (Å²) >= 11 is 0. The number of methoxy groups -OCH3 is 1. The van der Waals surface area contributed by atoms with Crippen molar-refractivity contribution in [3.63, 3.8) is 0 Å². The van der Waals surface area contributed by atoms with Crippen LogP contribution in [0, 0.1) is 12.7 Å². The Kier molecular flexibility index (Phi) is 3.55. The van der Waals surface area contributed by atoms with Gasteiger partial charge in [0.05, 0.1) is 13.5 Å². The smallest absolute Gasteiger partial charge is 0.310 e. The summed E-state index contributed by atoms with van der Waals surface area (Å²) in [6.45, 7) is 1.54. The molecule has 15 heavy (non-hydrogen) atoms. The summed E-state index contributed by atoms with van der Waals surface area (Å²) in [5.41, 5.74) is 0.884. The highest BCUT2D eigenvalue weighted by atomic mass is 19.1. The summed E-state index contributed by atoms with van der Waals surface area (Å²) in [5, 5.41) is 0. The van der Waals surface area contributed by atoms with Gasteiger partial charge in [-0.05, 0) is 30.2 Å². The first-order valence-corrected chi connectivity index (χ1v) is 4.39. The van der Waals surface area contributed by atoms with E-state index in [-0.39, 0.29) is 12.0 Å². The van der Waals surface area contributed by atoms with Crippen molar-refractivity contribution in [2.24, 2.45) is 0 Å². The molecule has 0 N–H and O–H groups in total. The standard InChI is InChI=1S/C11H11FO3/c1-7-3-8(6-13)4-9(11(7)12)5-10(14)15-2/h3-4,6H,5H2,1-2H3. The number of carbonyl (C=O) groups excluding carboxylic acids is 2. The van der Waals surface area contributed by atoms with Gasteiger partial charge in [0.25, 0.3) is 0 Å². The molecule has 1 aromatic rings. The number of carbonyl (C=O) groups is 2. The van der Waals surface area contributed by atoms with E-state index in [2.05, 4.69) is 4.74 Å². The van der Waals surface area contributed by atoms with Gasteiger partial charge >= 0.3 is 5.97 Å². The molecule has 0 saturated carbocycles. The van der Waals surface area contributed by atoms with Crippen molar-refractivity contribution in [1.82, 2.24) is 0 Å². The van der Waals surface area contributed by atoms with E-state index in [0.717, 1.165) is 0 Å². The zero-order valence-corrected chi connectivity index (χ0v) is 8.54. The van der Waals surface area contributed by atoms with Gasteiger partial charge in [0.15, 0.2) is 0 Å². The van der Waals surface area contributed by atoms with Crippen LogP contribution in [0.25, 0.3) is 0 Å². The Bertz CT molecular complexity index is 399. The van der Waals surface area contributed by atoms with Gasteiger partial charge in [-0.25, -0.2) is 4.39 Å². The molecular weight excluding hydrogens is 199 g/mol. The fraction of sp³-hybridized carbons (Fsp3) is 0.273. The first-order chi connectivity index (χ1) is 7.08. The quantitative estimate of drug-likeness (QED) is 0.563. The fourth-order valence-corrected chi connectivity index (χ4v) is 1.30. The lowest BCUT2D eigenvalue weighted by molar-refractivity contribution is -0.139. The van der Waals surface area contributed by atoms with Crippen LogP contribution < -0.4 is 0 Å². The lowest BCUT2D eigenvalue weighted by Crippen LogP contribution is -2.07. The largest absolute Gasteiger partial charge is 0.469 e. The number of esters is 1. The number of hydrogen-bond donors (Lipinski definition) is 0. The fourth-order valence-electron chi connectivity index (χ4n) is 1.30. The third-order valence-corrected chi connectivity index (χ3v) is 2.05. The van der Waals surface area contributed by atoms with Crippen LogP contribution >= 0.6 is 0 Å². The van der Waals surface area contributed by atoms with E-state index in [9.17, 15) is 14.0 Å². The minimum atomic E-state index is -0.531. The molecule has 0 amide bonds. The maximum absolute atomic E-state index is 13.5. The summed E-state index contributed by atoms with van der Waals surface area (Å²) in [5.74, 6) is -0.998. The second-order valence-electron chi connectivity index (χ2n) is 3.18. The summed E-state index contributed by atoms with van der Waals surface area (Å²) in [6, 6.07) is 2.79. The molecule has 80 valence electrons. The maximum atomic E-state index is 13.5. The zero-order chi connectivity index (χ0) is 11.4. The predicted molar refractivity (Wildman–Crippen MR) is 52.2 cm³/mol. The van der Waals surface area contributed by atoms with Crippen molar-refractivity contribution in [2.75, 3.05) is 7.11 Å². The summed E-state index contributed by atoms with van der Waals surface area (Å²) in [6.07, 6.45) is 0.456. The molecule has 0 heterocycles.